The molecular formula is C27H26N2O2S. The van der Waals surface area contributed by atoms with Gasteiger partial charge in [0.25, 0.3) is 5.91 Å². The van der Waals surface area contributed by atoms with Gasteiger partial charge in [0.15, 0.2) is 0 Å². The minimum absolute atomic E-state index is 0.0636. The van der Waals surface area contributed by atoms with Gasteiger partial charge in [-0.1, -0.05) is 48.0 Å². The molecule has 32 heavy (non-hydrogen) atoms. The highest BCUT2D eigenvalue weighted by atomic mass is 32.2. The van der Waals surface area contributed by atoms with Crippen molar-refractivity contribution in [2.24, 2.45) is 0 Å². The largest absolute Gasteiger partial charge is 0.441 e. The summed E-state index contributed by atoms with van der Waals surface area (Å²) in [5, 5.41) is 3.04. The predicted octanol–water partition coefficient (Wildman–Crippen LogP) is 6.74. The molecule has 0 aliphatic heterocycles. The fraction of sp³-hybridized carbons (Fsp3) is 0.185. The highest BCUT2D eigenvalue weighted by molar-refractivity contribution is 7.98. The number of benzene rings is 3. The molecule has 4 aromatic rings. The zero-order valence-corrected chi connectivity index (χ0v) is 19.3. The van der Waals surface area contributed by atoms with Gasteiger partial charge in [-0.2, -0.15) is 0 Å². The number of hydrogen-bond donors (Lipinski definition) is 1. The molecule has 0 aliphatic carbocycles. The van der Waals surface area contributed by atoms with Crippen LogP contribution in [0.4, 0.5) is 0 Å². The molecule has 0 spiro atoms. The van der Waals surface area contributed by atoms with E-state index in [-0.39, 0.29) is 11.9 Å². The average Bonchev–Trinajstić information content (AvgIpc) is 3.19. The van der Waals surface area contributed by atoms with Crippen molar-refractivity contribution in [3.8, 4) is 11.5 Å². The summed E-state index contributed by atoms with van der Waals surface area (Å²) in [5.74, 6) is 2.03. The van der Waals surface area contributed by atoms with Crippen LogP contribution in [0.25, 0.3) is 11.5 Å². The molecule has 1 aromatic heterocycles. The van der Waals surface area contributed by atoms with Gasteiger partial charge < -0.3 is 9.73 Å². The van der Waals surface area contributed by atoms with Gasteiger partial charge in [0.1, 0.15) is 5.76 Å². The van der Waals surface area contributed by atoms with Crippen molar-refractivity contribution in [1.29, 1.82) is 0 Å². The molecule has 162 valence electrons. The van der Waals surface area contributed by atoms with E-state index in [1.165, 1.54) is 10.5 Å². The first-order valence-electron chi connectivity index (χ1n) is 10.6. The minimum Gasteiger partial charge on any atom is -0.441 e. The maximum Gasteiger partial charge on any atom is 0.251 e. The number of nitrogens with zero attached hydrogens (tertiary/aromatic N) is 1. The Hall–Kier alpha value is -3.31. The van der Waals surface area contributed by atoms with Crippen molar-refractivity contribution in [2.45, 2.75) is 37.5 Å². The fourth-order valence-electron chi connectivity index (χ4n) is 3.34. The van der Waals surface area contributed by atoms with Crippen LogP contribution in [0, 0.1) is 13.8 Å². The number of aryl methyl sites for hydroxylation is 2. The Balaban J connectivity index is 1.41. The van der Waals surface area contributed by atoms with Crippen LogP contribution in [0.1, 0.15) is 45.9 Å². The number of carbonyl (C=O) groups is 1. The average molecular weight is 443 g/mol. The van der Waals surface area contributed by atoms with Crippen LogP contribution in [0.2, 0.25) is 0 Å². The smallest absolute Gasteiger partial charge is 0.251 e. The number of rotatable bonds is 7. The highest BCUT2D eigenvalue weighted by Gasteiger charge is 2.14. The summed E-state index contributed by atoms with van der Waals surface area (Å²) in [7, 11) is 0. The van der Waals surface area contributed by atoms with E-state index in [9.17, 15) is 4.79 Å². The molecule has 0 saturated carbocycles. The molecule has 0 unspecified atom stereocenters. The standard InChI is InChI=1S/C27H26N2O2S/c1-18-9-15-24(16-10-18)32-17-25-20(3)31-27(29-25)23-13-11-22(12-14-23)26(30)28-19(2)21-7-5-4-6-8-21/h4-16,19H,17H2,1-3H3,(H,28,30)/t19-/m0/s1. The summed E-state index contributed by atoms with van der Waals surface area (Å²) in [6.45, 7) is 6.00. The van der Waals surface area contributed by atoms with Crippen LogP contribution in [-0.2, 0) is 5.75 Å². The molecule has 0 bridgehead atoms. The Morgan fingerprint density at radius 2 is 1.66 bits per heavy atom. The van der Waals surface area contributed by atoms with Crippen LogP contribution < -0.4 is 5.32 Å². The number of carbonyl (C=O) groups excluding carboxylic acids is 1. The zero-order chi connectivity index (χ0) is 22.5. The molecule has 0 radical (unpaired) electrons. The Morgan fingerprint density at radius 1 is 0.969 bits per heavy atom. The maximum atomic E-state index is 12.6. The van der Waals surface area contributed by atoms with Crippen LogP contribution >= 0.6 is 11.8 Å². The topological polar surface area (TPSA) is 55.1 Å². The van der Waals surface area contributed by atoms with Crippen LogP contribution in [-0.4, -0.2) is 10.9 Å². The molecule has 1 heterocycles. The Labute approximate surface area is 193 Å². The number of oxazole rings is 1. The molecule has 3 aromatic carbocycles. The van der Waals surface area contributed by atoms with Crippen molar-refractivity contribution in [2.75, 3.05) is 0 Å². The normalized spacial score (nSPS) is 11.8. The second-order valence-corrected chi connectivity index (χ2v) is 8.86. The van der Waals surface area contributed by atoms with Crippen LogP contribution in [0.3, 0.4) is 0 Å². The third-order valence-electron chi connectivity index (χ3n) is 5.33. The number of nitrogens with one attached hydrogen (secondary N) is 1. The minimum atomic E-state index is -0.105. The lowest BCUT2D eigenvalue weighted by Crippen LogP contribution is -2.26. The Morgan fingerprint density at radius 3 is 2.34 bits per heavy atom. The number of amides is 1. The SMILES string of the molecule is Cc1ccc(SCc2nc(-c3ccc(C(=O)N[C@@H](C)c4ccccc4)cc3)oc2C)cc1. The van der Waals surface area contributed by atoms with Crippen molar-refractivity contribution in [3.63, 3.8) is 0 Å². The van der Waals surface area contributed by atoms with Crippen molar-refractivity contribution >= 4 is 17.7 Å². The van der Waals surface area contributed by atoms with Gasteiger partial charge in [-0.25, -0.2) is 4.98 Å². The van der Waals surface area contributed by atoms with E-state index in [0.717, 1.165) is 28.3 Å². The van der Waals surface area contributed by atoms with Gasteiger partial charge >= 0.3 is 0 Å². The van der Waals surface area contributed by atoms with E-state index >= 15 is 0 Å². The van der Waals surface area contributed by atoms with Gasteiger partial charge in [0.2, 0.25) is 5.89 Å². The summed E-state index contributed by atoms with van der Waals surface area (Å²) in [4.78, 5) is 18.5. The summed E-state index contributed by atoms with van der Waals surface area (Å²) < 4.78 is 5.91. The first-order valence-corrected chi connectivity index (χ1v) is 11.6. The molecule has 1 amide bonds. The maximum absolute atomic E-state index is 12.6. The fourth-order valence-corrected chi connectivity index (χ4v) is 4.24. The third kappa shape index (κ3) is 5.29. The van der Waals surface area contributed by atoms with E-state index in [2.05, 4.69) is 41.5 Å². The quantitative estimate of drug-likeness (QED) is 0.322. The first-order chi connectivity index (χ1) is 15.5. The molecule has 4 rings (SSSR count). The van der Waals surface area contributed by atoms with E-state index in [1.807, 2.05) is 68.4 Å². The lowest BCUT2D eigenvalue weighted by molar-refractivity contribution is 0.0940. The van der Waals surface area contributed by atoms with Crippen LogP contribution in [0.5, 0.6) is 0 Å². The lowest BCUT2D eigenvalue weighted by atomic mass is 10.1. The molecule has 1 atom stereocenters. The monoisotopic (exact) mass is 442 g/mol. The Kier molecular flexibility index (Phi) is 6.76. The second-order valence-electron chi connectivity index (χ2n) is 7.81. The molecule has 4 nitrogen and oxygen atoms in total. The lowest BCUT2D eigenvalue weighted by Gasteiger charge is -2.14. The molecule has 0 aliphatic rings. The van der Waals surface area contributed by atoms with Crippen molar-refractivity contribution in [3.05, 3.63) is 107 Å². The number of aromatic nitrogens is 1. The highest BCUT2D eigenvalue weighted by Crippen LogP contribution is 2.28. The number of hydrogen-bond acceptors (Lipinski definition) is 4. The summed E-state index contributed by atoms with van der Waals surface area (Å²) in [5.41, 5.74) is 4.72. The van der Waals surface area contributed by atoms with Gasteiger partial charge in [-0.3, -0.25) is 4.79 Å². The Bertz CT molecular complexity index is 1180. The summed E-state index contributed by atoms with van der Waals surface area (Å²) in [6.07, 6.45) is 0. The summed E-state index contributed by atoms with van der Waals surface area (Å²) >= 11 is 1.74. The van der Waals surface area contributed by atoms with Gasteiger partial charge in [-0.05, 0) is 62.7 Å². The zero-order valence-electron chi connectivity index (χ0n) is 18.5. The predicted molar refractivity (Wildman–Crippen MR) is 130 cm³/mol. The molecule has 1 N–H and O–H groups in total. The van der Waals surface area contributed by atoms with Gasteiger partial charge in [0, 0.05) is 21.8 Å². The summed E-state index contributed by atoms with van der Waals surface area (Å²) in [6, 6.07) is 25.7. The van der Waals surface area contributed by atoms with E-state index in [1.54, 1.807) is 11.8 Å². The number of thioether (sulfide) groups is 1. The molecule has 0 fully saturated rings. The van der Waals surface area contributed by atoms with E-state index < -0.39 is 0 Å². The van der Waals surface area contributed by atoms with Crippen molar-refractivity contribution < 1.29 is 9.21 Å². The molecular weight excluding hydrogens is 416 g/mol. The first kappa shape index (κ1) is 21.9. The third-order valence-corrected chi connectivity index (χ3v) is 6.35. The van der Waals surface area contributed by atoms with Crippen molar-refractivity contribution in [1.82, 2.24) is 10.3 Å². The van der Waals surface area contributed by atoms with Crippen LogP contribution in [0.15, 0.2) is 88.2 Å². The van der Waals surface area contributed by atoms with E-state index in [4.69, 9.17) is 4.42 Å². The van der Waals surface area contributed by atoms with E-state index in [0.29, 0.717) is 11.5 Å². The van der Waals surface area contributed by atoms with Gasteiger partial charge in [0.05, 0.1) is 11.7 Å². The molecule has 5 heteroatoms. The second kappa shape index (κ2) is 9.88. The van der Waals surface area contributed by atoms with Gasteiger partial charge in [-0.15, -0.1) is 11.8 Å². The molecule has 0 saturated heterocycles.